The Balaban J connectivity index is 2.25. The third-order valence-corrected chi connectivity index (χ3v) is 3.41. The Morgan fingerprint density at radius 2 is 1.59 bits per heavy atom. The van der Waals surface area contributed by atoms with Gasteiger partial charge in [-0.3, -0.25) is 0 Å². The normalized spacial score (nSPS) is 13.2. The summed E-state index contributed by atoms with van der Waals surface area (Å²) < 4.78 is 16.1. The molecule has 0 fully saturated rings. The molecule has 2 rings (SSSR count). The number of benzene rings is 2. The molecule has 0 saturated heterocycles. The van der Waals surface area contributed by atoms with Crippen LogP contribution in [0.4, 0.5) is 4.79 Å². The molecule has 0 aliphatic rings. The van der Waals surface area contributed by atoms with Crippen molar-refractivity contribution in [3.8, 4) is 0 Å². The zero-order valence-corrected chi connectivity index (χ0v) is 12.8. The van der Waals surface area contributed by atoms with Gasteiger partial charge in [0.1, 0.15) is 0 Å². The van der Waals surface area contributed by atoms with E-state index in [0.29, 0.717) is 13.0 Å². The van der Waals surface area contributed by atoms with Crippen LogP contribution in [0.3, 0.4) is 0 Å². The molecule has 2 aromatic rings. The van der Waals surface area contributed by atoms with Gasteiger partial charge in [-0.15, -0.1) is 0 Å². The number of carbonyl (C=O) groups excluding carboxylic acids is 1. The van der Waals surface area contributed by atoms with Crippen LogP contribution < -0.4 is 0 Å². The second-order valence-electron chi connectivity index (χ2n) is 4.80. The molecule has 1 unspecified atom stereocenters. The summed E-state index contributed by atoms with van der Waals surface area (Å²) in [5, 5.41) is 0. The molecule has 4 nitrogen and oxygen atoms in total. The van der Waals surface area contributed by atoms with Crippen LogP contribution >= 0.6 is 0 Å². The minimum atomic E-state index is -1.16. The molecule has 116 valence electrons. The van der Waals surface area contributed by atoms with E-state index < -0.39 is 11.9 Å². The van der Waals surface area contributed by atoms with Crippen LogP contribution in [0.15, 0.2) is 60.7 Å². The lowest BCUT2D eigenvalue weighted by Gasteiger charge is -2.32. The van der Waals surface area contributed by atoms with E-state index in [1.54, 1.807) is 0 Å². The first kappa shape index (κ1) is 16.0. The number of hydrogen-bond donors (Lipinski definition) is 0. The van der Waals surface area contributed by atoms with Gasteiger partial charge in [-0.25, -0.2) is 4.79 Å². The molecule has 22 heavy (non-hydrogen) atoms. The number of ether oxygens (including phenoxy) is 3. The number of carbonyl (C=O) groups is 1. The first-order valence-corrected chi connectivity index (χ1v) is 7.20. The van der Waals surface area contributed by atoms with Gasteiger partial charge in [-0.1, -0.05) is 67.6 Å². The Bertz CT molecular complexity index is 583. The van der Waals surface area contributed by atoms with Crippen LogP contribution in [0.2, 0.25) is 0 Å². The molecule has 4 heteroatoms. The van der Waals surface area contributed by atoms with Crippen LogP contribution in [-0.4, -0.2) is 13.3 Å². The van der Waals surface area contributed by atoms with Crippen LogP contribution in [0.25, 0.3) is 0 Å². The molecule has 0 N–H and O–H groups in total. The molecule has 0 aliphatic carbocycles. The van der Waals surface area contributed by atoms with Crippen molar-refractivity contribution in [2.24, 2.45) is 0 Å². The van der Waals surface area contributed by atoms with Gasteiger partial charge in [-0.2, -0.15) is 0 Å². The molecular weight excluding hydrogens is 280 g/mol. The summed E-state index contributed by atoms with van der Waals surface area (Å²) in [6.07, 6.45) is -0.294. The maximum absolute atomic E-state index is 11.6. The van der Waals surface area contributed by atoms with E-state index >= 15 is 0 Å². The van der Waals surface area contributed by atoms with Gasteiger partial charge in [-0.05, 0) is 5.56 Å². The number of hydrogen-bond acceptors (Lipinski definition) is 4. The van der Waals surface area contributed by atoms with Crippen LogP contribution in [0.5, 0.6) is 0 Å². The fourth-order valence-corrected chi connectivity index (χ4v) is 2.19. The standard InChI is InChI=1S/C18H20O4/c1-3-18(22-17(19)20-2,16-12-8-5-9-13-16)21-14-15-10-6-4-7-11-15/h4-13H,3,14H2,1-2H3. The highest BCUT2D eigenvalue weighted by molar-refractivity contribution is 5.60. The van der Waals surface area contributed by atoms with Crippen molar-refractivity contribution in [1.29, 1.82) is 0 Å². The van der Waals surface area contributed by atoms with E-state index in [0.717, 1.165) is 11.1 Å². The van der Waals surface area contributed by atoms with Crippen molar-refractivity contribution < 1.29 is 19.0 Å². The Morgan fingerprint density at radius 1 is 1.00 bits per heavy atom. The first-order valence-electron chi connectivity index (χ1n) is 7.20. The number of rotatable bonds is 6. The number of methoxy groups -OCH3 is 1. The Morgan fingerprint density at radius 3 is 2.14 bits per heavy atom. The molecular formula is C18H20O4. The summed E-state index contributed by atoms with van der Waals surface area (Å²) in [5.41, 5.74) is 1.78. The van der Waals surface area contributed by atoms with Crippen molar-refractivity contribution in [3.05, 3.63) is 71.8 Å². The molecule has 0 amide bonds. The lowest BCUT2D eigenvalue weighted by atomic mass is 10.0. The fourth-order valence-electron chi connectivity index (χ4n) is 2.19. The molecule has 0 bridgehead atoms. The zero-order valence-electron chi connectivity index (χ0n) is 12.8. The second kappa shape index (κ2) is 7.61. The average Bonchev–Trinajstić information content (AvgIpc) is 2.60. The largest absolute Gasteiger partial charge is 0.510 e. The van der Waals surface area contributed by atoms with Gasteiger partial charge in [0.2, 0.25) is 5.79 Å². The van der Waals surface area contributed by atoms with Crippen LogP contribution in [0, 0.1) is 0 Å². The van der Waals surface area contributed by atoms with Gasteiger partial charge in [0.05, 0.1) is 13.7 Å². The Kier molecular flexibility index (Phi) is 5.55. The summed E-state index contributed by atoms with van der Waals surface area (Å²) in [4.78, 5) is 11.6. The minimum absolute atomic E-state index is 0.334. The van der Waals surface area contributed by atoms with E-state index in [1.807, 2.05) is 67.6 Å². The second-order valence-corrected chi connectivity index (χ2v) is 4.80. The summed E-state index contributed by atoms with van der Waals surface area (Å²) in [6, 6.07) is 19.2. The SMILES string of the molecule is CCC(OCc1ccccc1)(OC(=O)OC)c1ccccc1. The molecule has 0 aliphatic heterocycles. The van der Waals surface area contributed by atoms with Crippen molar-refractivity contribution in [2.75, 3.05) is 7.11 Å². The molecule has 2 aromatic carbocycles. The van der Waals surface area contributed by atoms with E-state index in [9.17, 15) is 4.79 Å². The quantitative estimate of drug-likeness (QED) is 0.591. The molecule has 1 atom stereocenters. The van der Waals surface area contributed by atoms with Crippen molar-refractivity contribution in [1.82, 2.24) is 0 Å². The highest BCUT2D eigenvalue weighted by atomic mass is 16.8. The van der Waals surface area contributed by atoms with E-state index in [4.69, 9.17) is 9.47 Å². The van der Waals surface area contributed by atoms with Crippen molar-refractivity contribution >= 4 is 6.16 Å². The highest BCUT2D eigenvalue weighted by Gasteiger charge is 2.36. The molecule has 0 aromatic heterocycles. The zero-order chi connectivity index (χ0) is 15.8. The Labute approximate surface area is 130 Å². The van der Waals surface area contributed by atoms with Gasteiger partial charge in [0.25, 0.3) is 0 Å². The highest BCUT2D eigenvalue weighted by Crippen LogP contribution is 2.32. The molecule has 0 heterocycles. The molecule has 0 radical (unpaired) electrons. The van der Waals surface area contributed by atoms with Gasteiger partial charge in [0, 0.05) is 12.0 Å². The van der Waals surface area contributed by atoms with Crippen LogP contribution in [-0.2, 0) is 26.6 Å². The van der Waals surface area contributed by atoms with E-state index in [2.05, 4.69) is 4.74 Å². The van der Waals surface area contributed by atoms with Gasteiger partial charge in [0.15, 0.2) is 0 Å². The topological polar surface area (TPSA) is 44.8 Å². The predicted octanol–water partition coefficient (Wildman–Crippen LogP) is 4.25. The smallest absolute Gasteiger partial charge is 0.438 e. The lowest BCUT2D eigenvalue weighted by molar-refractivity contribution is -0.229. The monoisotopic (exact) mass is 300 g/mol. The molecule has 0 spiro atoms. The summed E-state index contributed by atoms with van der Waals surface area (Å²) in [5.74, 6) is -1.16. The lowest BCUT2D eigenvalue weighted by Crippen LogP contribution is -2.35. The van der Waals surface area contributed by atoms with Crippen molar-refractivity contribution in [3.63, 3.8) is 0 Å². The minimum Gasteiger partial charge on any atom is -0.438 e. The summed E-state index contributed by atoms with van der Waals surface area (Å²) in [6.45, 7) is 2.24. The van der Waals surface area contributed by atoms with Crippen LogP contribution in [0.1, 0.15) is 24.5 Å². The fraction of sp³-hybridized carbons (Fsp3) is 0.278. The maximum atomic E-state index is 11.6. The van der Waals surface area contributed by atoms with Gasteiger partial charge >= 0.3 is 6.16 Å². The van der Waals surface area contributed by atoms with E-state index in [-0.39, 0.29) is 0 Å². The average molecular weight is 300 g/mol. The summed E-state index contributed by atoms with van der Waals surface area (Å²) in [7, 11) is 1.28. The van der Waals surface area contributed by atoms with E-state index in [1.165, 1.54) is 7.11 Å². The van der Waals surface area contributed by atoms with Gasteiger partial charge < -0.3 is 14.2 Å². The Hall–Kier alpha value is -2.33. The third-order valence-electron chi connectivity index (χ3n) is 3.41. The molecule has 0 saturated carbocycles. The first-order chi connectivity index (χ1) is 10.7. The maximum Gasteiger partial charge on any atom is 0.510 e. The predicted molar refractivity (Wildman–Crippen MR) is 83.1 cm³/mol. The third kappa shape index (κ3) is 3.86. The summed E-state index contributed by atoms with van der Waals surface area (Å²) >= 11 is 0. The van der Waals surface area contributed by atoms with Crippen molar-refractivity contribution in [2.45, 2.75) is 25.7 Å².